The van der Waals surface area contributed by atoms with E-state index in [1.54, 1.807) is 14.2 Å². The number of likely N-dealkylation sites (tertiary alicyclic amines) is 1. The summed E-state index contributed by atoms with van der Waals surface area (Å²) in [7, 11) is 3.60. The first kappa shape index (κ1) is 16.2. The standard InChI is InChI=1S/C16H32N2O2/c1-5-8-17-13-7-6-12(2)9-14(13)18-10-15(19-3)16(11-18)20-4/h12-17H,5-11H2,1-4H3. The van der Waals surface area contributed by atoms with Crippen molar-refractivity contribution in [2.24, 2.45) is 5.92 Å². The summed E-state index contributed by atoms with van der Waals surface area (Å²) in [6, 6.07) is 1.28. The second-order valence-electron chi connectivity index (χ2n) is 6.55. The van der Waals surface area contributed by atoms with E-state index in [0.717, 1.165) is 25.6 Å². The lowest BCUT2D eigenvalue weighted by molar-refractivity contribution is -0.00461. The van der Waals surface area contributed by atoms with Crippen molar-refractivity contribution in [3.8, 4) is 0 Å². The Bertz CT molecular complexity index is 274. The summed E-state index contributed by atoms with van der Waals surface area (Å²) in [5.74, 6) is 0.835. The first-order chi connectivity index (χ1) is 9.69. The predicted molar refractivity (Wildman–Crippen MR) is 82.1 cm³/mol. The van der Waals surface area contributed by atoms with Crippen molar-refractivity contribution in [2.45, 2.75) is 63.8 Å². The van der Waals surface area contributed by atoms with Crippen molar-refractivity contribution < 1.29 is 9.47 Å². The second kappa shape index (κ2) is 7.74. The molecule has 1 heterocycles. The van der Waals surface area contributed by atoms with E-state index in [1.165, 1.54) is 25.7 Å². The van der Waals surface area contributed by atoms with Gasteiger partial charge in [0.05, 0.1) is 12.2 Å². The lowest BCUT2D eigenvalue weighted by atomic mass is 9.82. The monoisotopic (exact) mass is 284 g/mol. The molecule has 1 N–H and O–H groups in total. The van der Waals surface area contributed by atoms with E-state index in [1.807, 2.05) is 0 Å². The van der Waals surface area contributed by atoms with E-state index in [2.05, 4.69) is 24.1 Å². The van der Waals surface area contributed by atoms with E-state index < -0.39 is 0 Å². The van der Waals surface area contributed by atoms with Crippen LogP contribution in [0.15, 0.2) is 0 Å². The fourth-order valence-electron chi connectivity index (χ4n) is 3.82. The predicted octanol–water partition coefficient (Wildman–Crippen LogP) is 1.89. The molecule has 0 aromatic heterocycles. The molecule has 1 aliphatic heterocycles. The Hall–Kier alpha value is -0.160. The highest BCUT2D eigenvalue weighted by Gasteiger charge is 2.40. The number of hydrogen-bond acceptors (Lipinski definition) is 4. The van der Waals surface area contributed by atoms with Crippen molar-refractivity contribution in [1.82, 2.24) is 10.2 Å². The molecule has 0 radical (unpaired) electrons. The molecule has 118 valence electrons. The third-order valence-electron chi connectivity index (χ3n) is 5.05. The molecule has 5 unspecified atom stereocenters. The molecule has 4 heteroatoms. The van der Waals surface area contributed by atoms with Crippen LogP contribution in [0.2, 0.25) is 0 Å². The van der Waals surface area contributed by atoms with Gasteiger partial charge in [0, 0.05) is 39.4 Å². The molecule has 1 saturated carbocycles. The van der Waals surface area contributed by atoms with Gasteiger partial charge in [0.15, 0.2) is 0 Å². The number of nitrogens with zero attached hydrogens (tertiary/aromatic N) is 1. The third-order valence-corrected chi connectivity index (χ3v) is 5.05. The number of hydrogen-bond donors (Lipinski definition) is 1. The minimum atomic E-state index is 0.226. The normalized spacial score (nSPS) is 39.3. The molecule has 0 spiro atoms. The maximum absolute atomic E-state index is 5.59. The van der Waals surface area contributed by atoms with Gasteiger partial charge in [-0.2, -0.15) is 0 Å². The molecule has 1 aliphatic carbocycles. The van der Waals surface area contributed by atoms with Crippen LogP contribution in [0.25, 0.3) is 0 Å². The van der Waals surface area contributed by atoms with Crippen molar-refractivity contribution in [3.05, 3.63) is 0 Å². The molecule has 0 aromatic rings. The van der Waals surface area contributed by atoms with Gasteiger partial charge in [-0.05, 0) is 38.1 Å². The third kappa shape index (κ3) is 3.73. The van der Waals surface area contributed by atoms with E-state index in [0.29, 0.717) is 12.1 Å². The first-order valence-corrected chi connectivity index (χ1v) is 8.22. The van der Waals surface area contributed by atoms with Gasteiger partial charge in [0.25, 0.3) is 0 Å². The quantitative estimate of drug-likeness (QED) is 0.807. The van der Waals surface area contributed by atoms with Crippen LogP contribution in [-0.4, -0.2) is 63.0 Å². The number of rotatable bonds is 6. The molecule has 0 aromatic carbocycles. The molecule has 20 heavy (non-hydrogen) atoms. The average molecular weight is 284 g/mol. The highest BCUT2D eigenvalue weighted by molar-refractivity contribution is 4.96. The summed E-state index contributed by atoms with van der Waals surface area (Å²) in [5.41, 5.74) is 0. The number of ether oxygens (including phenoxy) is 2. The SMILES string of the molecule is CCCNC1CCC(C)CC1N1CC(OC)C(OC)C1. The summed E-state index contributed by atoms with van der Waals surface area (Å²) in [5, 5.41) is 3.76. The van der Waals surface area contributed by atoms with Crippen LogP contribution >= 0.6 is 0 Å². The Morgan fingerprint density at radius 3 is 2.30 bits per heavy atom. The van der Waals surface area contributed by atoms with Gasteiger partial charge in [-0.1, -0.05) is 13.8 Å². The lowest BCUT2D eigenvalue weighted by Gasteiger charge is -2.41. The maximum atomic E-state index is 5.59. The van der Waals surface area contributed by atoms with Crippen LogP contribution in [0.4, 0.5) is 0 Å². The Labute approximate surface area is 124 Å². The maximum Gasteiger partial charge on any atom is 0.0971 e. The summed E-state index contributed by atoms with van der Waals surface area (Å²) in [6.07, 6.45) is 5.62. The zero-order chi connectivity index (χ0) is 14.5. The van der Waals surface area contributed by atoms with E-state index in [4.69, 9.17) is 9.47 Å². The van der Waals surface area contributed by atoms with E-state index in [9.17, 15) is 0 Å². The molecule has 0 bridgehead atoms. The Kier molecular flexibility index (Phi) is 6.27. The smallest absolute Gasteiger partial charge is 0.0971 e. The summed E-state index contributed by atoms with van der Waals surface area (Å²) >= 11 is 0. The van der Waals surface area contributed by atoms with Crippen LogP contribution < -0.4 is 5.32 Å². The van der Waals surface area contributed by atoms with Gasteiger partial charge in [0.1, 0.15) is 0 Å². The molecule has 0 amide bonds. The Balaban J connectivity index is 1.99. The van der Waals surface area contributed by atoms with Crippen molar-refractivity contribution in [2.75, 3.05) is 33.9 Å². The molecular weight excluding hydrogens is 252 g/mol. The lowest BCUT2D eigenvalue weighted by Crippen LogP contribution is -2.53. The minimum absolute atomic E-state index is 0.226. The fourth-order valence-corrected chi connectivity index (χ4v) is 3.82. The van der Waals surface area contributed by atoms with Crippen LogP contribution in [0, 0.1) is 5.92 Å². The van der Waals surface area contributed by atoms with Crippen LogP contribution in [0.1, 0.15) is 39.5 Å². The summed E-state index contributed by atoms with van der Waals surface area (Å²) in [6.45, 7) is 7.78. The van der Waals surface area contributed by atoms with E-state index in [-0.39, 0.29) is 12.2 Å². The van der Waals surface area contributed by atoms with Crippen LogP contribution in [-0.2, 0) is 9.47 Å². The molecule has 1 saturated heterocycles. The highest BCUT2D eigenvalue weighted by atomic mass is 16.5. The molecule has 4 nitrogen and oxygen atoms in total. The Morgan fingerprint density at radius 1 is 1.10 bits per heavy atom. The van der Waals surface area contributed by atoms with Gasteiger partial charge in [-0.3, -0.25) is 4.90 Å². The number of nitrogens with one attached hydrogen (secondary N) is 1. The summed E-state index contributed by atoms with van der Waals surface area (Å²) in [4.78, 5) is 2.60. The second-order valence-corrected chi connectivity index (χ2v) is 6.55. The van der Waals surface area contributed by atoms with E-state index >= 15 is 0 Å². The largest absolute Gasteiger partial charge is 0.377 e. The molecule has 2 aliphatic rings. The minimum Gasteiger partial charge on any atom is -0.377 e. The topological polar surface area (TPSA) is 33.7 Å². The van der Waals surface area contributed by atoms with Crippen LogP contribution in [0.5, 0.6) is 0 Å². The molecule has 2 rings (SSSR count). The van der Waals surface area contributed by atoms with Gasteiger partial charge in [-0.15, -0.1) is 0 Å². The Morgan fingerprint density at radius 2 is 1.75 bits per heavy atom. The zero-order valence-electron chi connectivity index (χ0n) is 13.6. The molecular formula is C16H32N2O2. The van der Waals surface area contributed by atoms with Gasteiger partial charge in [-0.25, -0.2) is 0 Å². The van der Waals surface area contributed by atoms with Crippen LogP contribution in [0.3, 0.4) is 0 Å². The van der Waals surface area contributed by atoms with Gasteiger partial charge >= 0.3 is 0 Å². The van der Waals surface area contributed by atoms with Gasteiger partial charge < -0.3 is 14.8 Å². The summed E-state index contributed by atoms with van der Waals surface area (Å²) < 4.78 is 11.2. The average Bonchev–Trinajstić information content (AvgIpc) is 2.89. The van der Waals surface area contributed by atoms with Gasteiger partial charge in [0.2, 0.25) is 0 Å². The van der Waals surface area contributed by atoms with Crippen molar-refractivity contribution in [1.29, 1.82) is 0 Å². The molecule has 5 atom stereocenters. The zero-order valence-corrected chi connectivity index (χ0v) is 13.6. The fraction of sp³-hybridized carbons (Fsp3) is 1.00. The molecule has 2 fully saturated rings. The first-order valence-electron chi connectivity index (χ1n) is 8.22. The highest BCUT2D eigenvalue weighted by Crippen LogP contribution is 2.31. The number of methoxy groups -OCH3 is 2. The van der Waals surface area contributed by atoms with Crippen molar-refractivity contribution in [3.63, 3.8) is 0 Å². The van der Waals surface area contributed by atoms with Crippen molar-refractivity contribution >= 4 is 0 Å².